The van der Waals surface area contributed by atoms with Gasteiger partial charge in [0.05, 0.1) is 25.4 Å². The van der Waals surface area contributed by atoms with E-state index in [1.54, 1.807) is 19.4 Å². The van der Waals surface area contributed by atoms with E-state index in [9.17, 15) is 4.79 Å². The summed E-state index contributed by atoms with van der Waals surface area (Å²) in [6, 6.07) is 21.5. The van der Waals surface area contributed by atoms with Crippen LogP contribution in [0.2, 0.25) is 0 Å². The van der Waals surface area contributed by atoms with Gasteiger partial charge in [0, 0.05) is 6.54 Å². The lowest BCUT2D eigenvalue weighted by molar-refractivity contribution is -0.115. The molecule has 0 unspecified atom stereocenters. The first kappa shape index (κ1) is 18.5. The number of hydrogen-bond donors (Lipinski definition) is 2. The smallest absolute Gasteiger partial charge is 0.229 e. The first-order valence-corrected chi connectivity index (χ1v) is 8.89. The van der Waals surface area contributed by atoms with Crippen LogP contribution in [0.1, 0.15) is 11.1 Å². The zero-order valence-electron chi connectivity index (χ0n) is 15.3. The Balaban J connectivity index is 1.45. The second-order valence-electron chi connectivity index (χ2n) is 6.17. The van der Waals surface area contributed by atoms with Gasteiger partial charge in [0.1, 0.15) is 11.6 Å². The van der Waals surface area contributed by atoms with E-state index in [2.05, 4.69) is 27.8 Å². The number of rotatable bonds is 8. The topological polar surface area (TPSA) is 63.2 Å². The molecule has 0 saturated heterocycles. The minimum absolute atomic E-state index is 0.0996. The zero-order chi connectivity index (χ0) is 18.9. The van der Waals surface area contributed by atoms with E-state index < -0.39 is 0 Å². The Hall–Kier alpha value is -3.34. The average Bonchev–Trinajstić information content (AvgIpc) is 2.71. The normalized spacial score (nSPS) is 10.3. The second-order valence-corrected chi connectivity index (χ2v) is 6.17. The summed E-state index contributed by atoms with van der Waals surface area (Å²) < 4.78 is 5.12. The lowest BCUT2D eigenvalue weighted by Gasteiger charge is -2.08. The van der Waals surface area contributed by atoms with Crippen LogP contribution in [0.3, 0.4) is 0 Å². The molecular weight excluding hydrogens is 338 g/mol. The van der Waals surface area contributed by atoms with Crippen molar-refractivity contribution in [2.24, 2.45) is 0 Å². The van der Waals surface area contributed by atoms with Crippen molar-refractivity contribution in [2.75, 3.05) is 24.3 Å². The van der Waals surface area contributed by atoms with Crippen LogP contribution in [0.15, 0.2) is 72.9 Å². The van der Waals surface area contributed by atoms with Crippen molar-refractivity contribution >= 4 is 17.4 Å². The van der Waals surface area contributed by atoms with Gasteiger partial charge in [-0.1, -0.05) is 42.5 Å². The molecular formula is C22H23N3O2. The van der Waals surface area contributed by atoms with Crippen molar-refractivity contribution in [3.8, 4) is 5.75 Å². The molecule has 0 aliphatic heterocycles. The number of nitrogens with zero attached hydrogens (tertiary/aromatic N) is 1. The number of carbonyl (C=O) groups is 1. The predicted octanol–water partition coefficient (Wildman–Crippen LogP) is 3.93. The van der Waals surface area contributed by atoms with Gasteiger partial charge in [-0.05, 0) is 41.8 Å². The first-order valence-electron chi connectivity index (χ1n) is 8.89. The number of aromatic nitrogens is 1. The molecule has 2 N–H and O–H groups in total. The summed E-state index contributed by atoms with van der Waals surface area (Å²) in [5.41, 5.74) is 3.15. The molecule has 3 rings (SSSR count). The van der Waals surface area contributed by atoms with Crippen molar-refractivity contribution in [1.82, 2.24) is 4.98 Å². The lowest BCUT2D eigenvalue weighted by atomic mass is 10.1. The molecule has 3 aromatic rings. The number of methoxy groups -OCH3 is 1. The molecule has 138 valence electrons. The van der Waals surface area contributed by atoms with Gasteiger partial charge in [-0.15, -0.1) is 0 Å². The summed E-state index contributed by atoms with van der Waals surface area (Å²) in [7, 11) is 1.62. The number of carbonyl (C=O) groups excluding carboxylic acids is 1. The van der Waals surface area contributed by atoms with Gasteiger partial charge in [0.2, 0.25) is 5.91 Å². The molecule has 2 aromatic carbocycles. The van der Waals surface area contributed by atoms with Gasteiger partial charge in [-0.2, -0.15) is 0 Å². The van der Waals surface area contributed by atoms with Gasteiger partial charge < -0.3 is 15.4 Å². The summed E-state index contributed by atoms with van der Waals surface area (Å²) in [6.45, 7) is 0.828. The highest BCUT2D eigenvalue weighted by Gasteiger charge is 2.05. The van der Waals surface area contributed by atoms with E-state index in [1.165, 1.54) is 5.56 Å². The third-order valence-electron chi connectivity index (χ3n) is 4.14. The van der Waals surface area contributed by atoms with Gasteiger partial charge in [0.25, 0.3) is 0 Å². The third kappa shape index (κ3) is 5.85. The summed E-state index contributed by atoms with van der Waals surface area (Å²) in [6.07, 6.45) is 2.97. The molecule has 5 nitrogen and oxygen atoms in total. The van der Waals surface area contributed by atoms with Crippen molar-refractivity contribution in [2.45, 2.75) is 12.8 Å². The molecule has 1 aromatic heterocycles. The predicted molar refractivity (Wildman–Crippen MR) is 108 cm³/mol. The number of nitrogens with one attached hydrogen (secondary N) is 2. The van der Waals surface area contributed by atoms with E-state index in [1.807, 2.05) is 48.5 Å². The summed E-state index contributed by atoms with van der Waals surface area (Å²) >= 11 is 0. The number of pyridine rings is 1. The Morgan fingerprint density at radius 1 is 0.963 bits per heavy atom. The van der Waals surface area contributed by atoms with Crippen LogP contribution in [0, 0.1) is 0 Å². The number of anilines is 2. The molecule has 0 aliphatic carbocycles. The highest BCUT2D eigenvalue weighted by atomic mass is 16.5. The monoisotopic (exact) mass is 361 g/mol. The molecule has 0 spiro atoms. The van der Waals surface area contributed by atoms with Crippen molar-refractivity contribution in [3.05, 3.63) is 84.1 Å². The maximum absolute atomic E-state index is 12.2. The SMILES string of the molecule is COc1ccc(CC(=O)Nc2ccc(NCCc3ccccc3)cn2)cc1. The second kappa shape index (κ2) is 9.38. The van der Waals surface area contributed by atoms with E-state index >= 15 is 0 Å². The van der Waals surface area contributed by atoms with E-state index in [0.717, 1.165) is 30.0 Å². The van der Waals surface area contributed by atoms with E-state index in [-0.39, 0.29) is 5.91 Å². The Labute approximate surface area is 159 Å². The molecule has 0 saturated carbocycles. The van der Waals surface area contributed by atoms with Crippen molar-refractivity contribution < 1.29 is 9.53 Å². The molecule has 5 heteroatoms. The van der Waals surface area contributed by atoms with Crippen LogP contribution < -0.4 is 15.4 Å². The highest BCUT2D eigenvalue weighted by molar-refractivity contribution is 5.91. The Kier molecular flexibility index (Phi) is 6.41. The third-order valence-corrected chi connectivity index (χ3v) is 4.14. The van der Waals surface area contributed by atoms with Crippen LogP contribution in [0.25, 0.3) is 0 Å². The molecule has 27 heavy (non-hydrogen) atoms. The van der Waals surface area contributed by atoms with E-state index in [0.29, 0.717) is 12.2 Å². The standard InChI is InChI=1S/C22H23N3O2/c1-27-20-10-7-18(8-11-20)15-22(26)25-21-12-9-19(16-24-21)23-14-13-17-5-3-2-4-6-17/h2-12,16,23H,13-15H2,1H3,(H,24,25,26). The van der Waals surface area contributed by atoms with Crippen LogP contribution in [-0.4, -0.2) is 24.5 Å². The quantitative estimate of drug-likeness (QED) is 0.638. The largest absolute Gasteiger partial charge is 0.497 e. The van der Waals surface area contributed by atoms with Crippen LogP contribution in [0.4, 0.5) is 11.5 Å². The molecule has 0 radical (unpaired) electrons. The van der Waals surface area contributed by atoms with Gasteiger partial charge in [-0.25, -0.2) is 4.98 Å². The summed E-state index contributed by atoms with van der Waals surface area (Å²) in [5.74, 6) is 1.22. The lowest BCUT2D eigenvalue weighted by Crippen LogP contribution is -2.15. The maximum atomic E-state index is 12.2. The Morgan fingerprint density at radius 3 is 2.41 bits per heavy atom. The Morgan fingerprint density at radius 2 is 1.74 bits per heavy atom. The van der Waals surface area contributed by atoms with Crippen LogP contribution >= 0.6 is 0 Å². The minimum Gasteiger partial charge on any atom is -0.497 e. The van der Waals surface area contributed by atoms with Crippen molar-refractivity contribution in [1.29, 1.82) is 0 Å². The van der Waals surface area contributed by atoms with Gasteiger partial charge in [-0.3, -0.25) is 4.79 Å². The minimum atomic E-state index is -0.0996. The highest BCUT2D eigenvalue weighted by Crippen LogP contribution is 2.13. The summed E-state index contributed by atoms with van der Waals surface area (Å²) in [4.78, 5) is 16.5. The van der Waals surface area contributed by atoms with Crippen LogP contribution in [0.5, 0.6) is 5.75 Å². The van der Waals surface area contributed by atoms with Crippen LogP contribution in [-0.2, 0) is 17.6 Å². The number of hydrogen-bond acceptors (Lipinski definition) is 4. The first-order chi connectivity index (χ1) is 13.2. The number of benzene rings is 2. The van der Waals surface area contributed by atoms with E-state index in [4.69, 9.17) is 4.74 Å². The van der Waals surface area contributed by atoms with Gasteiger partial charge in [0.15, 0.2) is 0 Å². The zero-order valence-corrected chi connectivity index (χ0v) is 15.3. The number of ether oxygens (including phenoxy) is 1. The molecule has 0 fully saturated rings. The van der Waals surface area contributed by atoms with Gasteiger partial charge >= 0.3 is 0 Å². The molecule has 1 amide bonds. The number of amides is 1. The fraction of sp³-hybridized carbons (Fsp3) is 0.182. The Bertz CT molecular complexity index is 847. The molecule has 0 bridgehead atoms. The molecule has 1 heterocycles. The fourth-order valence-corrected chi connectivity index (χ4v) is 2.68. The average molecular weight is 361 g/mol. The fourth-order valence-electron chi connectivity index (χ4n) is 2.68. The summed E-state index contributed by atoms with van der Waals surface area (Å²) in [5, 5.41) is 6.16. The maximum Gasteiger partial charge on any atom is 0.229 e. The van der Waals surface area contributed by atoms with Crippen molar-refractivity contribution in [3.63, 3.8) is 0 Å². The molecule has 0 atom stereocenters. The molecule has 0 aliphatic rings.